The third-order valence-corrected chi connectivity index (χ3v) is 3.59. The Bertz CT molecular complexity index is 454. The summed E-state index contributed by atoms with van der Waals surface area (Å²) in [5.41, 5.74) is 0. The molecule has 1 unspecified atom stereocenters. The molecule has 5 heteroatoms. The van der Waals surface area contributed by atoms with Gasteiger partial charge in [0, 0.05) is 6.42 Å². The number of unbranched alkanes of at least 4 members (excludes halogenated alkanes) is 6. The van der Waals surface area contributed by atoms with Crippen LogP contribution in [-0.2, 0) is 0 Å². The molecule has 0 spiro atoms. The van der Waals surface area contributed by atoms with Crippen molar-refractivity contribution in [2.24, 2.45) is 0 Å². The van der Waals surface area contributed by atoms with Crippen molar-refractivity contribution in [3.63, 3.8) is 0 Å². The van der Waals surface area contributed by atoms with Crippen LogP contribution in [0.5, 0.6) is 5.75 Å². The SMILES string of the molecule is N#CC(CCCCCCCCCC(F)(F)F)Oc1ccccc1. The van der Waals surface area contributed by atoms with Gasteiger partial charge in [-0.2, -0.15) is 18.4 Å². The number of halogens is 3. The van der Waals surface area contributed by atoms with Gasteiger partial charge in [-0.15, -0.1) is 0 Å². The molecule has 128 valence electrons. The number of alkyl halides is 3. The van der Waals surface area contributed by atoms with Crippen LogP contribution in [0.25, 0.3) is 0 Å². The summed E-state index contributed by atoms with van der Waals surface area (Å²) in [6.07, 6.45) is 1.08. The Hall–Kier alpha value is -1.70. The van der Waals surface area contributed by atoms with Gasteiger partial charge in [0.2, 0.25) is 0 Å². The molecule has 0 fully saturated rings. The number of nitriles is 1. The Labute approximate surface area is 136 Å². The number of benzene rings is 1. The maximum absolute atomic E-state index is 12.0. The van der Waals surface area contributed by atoms with Crippen LogP contribution in [0.2, 0.25) is 0 Å². The minimum absolute atomic E-state index is 0.227. The highest BCUT2D eigenvalue weighted by Crippen LogP contribution is 2.23. The van der Waals surface area contributed by atoms with E-state index in [4.69, 9.17) is 10.00 Å². The molecular weight excluding hydrogens is 303 g/mol. The van der Waals surface area contributed by atoms with Gasteiger partial charge in [0.1, 0.15) is 11.8 Å². The lowest BCUT2D eigenvalue weighted by Gasteiger charge is -2.12. The summed E-state index contributed by atoms with van der Waals surface area (Å²) in [6, 6.07) is 11.4. The maximum Gasteiger partial charge on any atom is 0.389 e. The van der Waals surface area contributed by atoms with E-state index in [0.29, 0.717) is 18.6 Å². The fourth-order valence-corrected chi connectivity index (χ4v) is 2.35. The molecule has 1 rings (SSSR count). The third kappa shape index (κ3) is 10.6. The molecule has 0 bridgehead atoms. The second-order valence-corrected chi connectivity index (χ2v) is 5.68. The van der Waals surface area contributed by atoms with Crippen molar-refractivity contribution in [3.05, 3.63) is 30.3 Å². The van der Waals surface area contributed by atoms with Gasteiger partial charge in [0.05, 0.1) is 0 Å². The predicted molar refractivity (Wildman–Crippen MR) is 84.1 cm³/mol. The molecular formula is C18H24F3NO. The minimum Gasteiger partial charge on any atom is -0.476 e. The van der Waals surface area contributed by atoms with Crippen LogP contribution in [-0.4, -0.2) is 12.3 Å². The first kappa shape index (κ1) is 19.3. The van der Waals surface area contributed by atoms with Crippen molar-refractivity contribution >= 4 is 0 Å². The molecule has 1 aromatic carbocycles. The topological polar surface area (TPSA) is 33.0 Å². The predicted octanol–water partition coefficient (Wildman–Crippen LogP) is 6.03. The monoisotopic (exact) mass is 327 g/mol. The molecule has 0 aliphatic heterocycles. The molecule has 0 aliphatic carbocycles. The van der Waals surface area contributed by atoms with E-state index in [9.17, 15) is 13.2 Å². The van der Waals surface area contributed by atoms with E-state index in [1.54, 1.807) is 0 Å². The summed E-state index contributed by atoms with van der Waals surface area (Å²) >= 11 is 0. The van der Waals surface area contributed by atoms with Gasteiger partial charge < -0.3 is 4.74 Å². The largest absolute Gasteiger partial charge is 0.476 e. The quantitative estimate of drug-likeness (QED) is 0.465. The van der Waals surface area contributed by atoms with E-state index in [2.05, 4.69) is 6.07 Å². The second-order valence-electron chi connectivity index (χ2n) is 5.68. The van der Waals surface area contributed by atoms with Gasteiger partial charge in [-0.05, 0) is 31.4 Å². The molecule has 0 heterocycles. The number of hydrogen-bond acceptors (Lipinski definition) is 2. The van der Waals surface area contributed by atoms with Gasteiger partial charge in [0.25, 0.3) is 0 Å². The van der Waals surface area contributed by atoms with E-state index < -0.39 is 18.7 Å². The maximum atomic E-state index is 12.0. The summed E-state index contributed by atoms with van der Waals surface area (Å²) in [5.74, 6) is 0.698. The molecule has 0 amide bonds. The summed E-state index contributed by atoms with van der Waals surface area (Å²) in [6.45, 7) is 0. The van der Waals surface area contributed by atoms with Crippen molar-refractivity contribution in [3.8, 4) is 11.8 Å². The lowest BCUT2D eigenvalue weighted by Crippen LogP contribution is -2.13. The van der Waals surface area contributed by atoms with Crippen molar-refractivity contribution in [1.82, 2.24) is 0 Å². The number of ether oxygens (including phenoxy) is 1. The molecule has 2 nitrogen and oxygen atoms in total. The van der Waals surface area contributed by atoms with Crippen LogP contribution < -0.4 is 4.74 Å². The van der Waals surface area contributed by atoms with Crippen molar-refractivity contribution < 1.29 is 17.9 Å². The standard InChI is InChI=1S/C18H24F3NO/c19-18(20,21)14-10-5-3-1-2-4-7-13-17(15-22)23-16-11-8-6-9-12-16/h6,8-9,11-12,17H,1-5,7,10,13-14H2. The molecule has 0 radical (unpaired) electrons. The fourth-order valence-electron chi connectivity index (χ4n) is 2.35. The number of nitrogens with zero attached hydrogens (tertiary/aromatic N) is 1. The molecule has 1 atom stereocenters. The highest BCUT2D eigenvalue weighted by molar-refractivity contribution is 5.21. The van der Waals surface area contributed by atoms with Crippen LogP contribution in [0.3, 0.4) is 0 Å². The van der Waals surface area contributed by atoms with Crippen molar-refractivity contribution in [2.45, 2.75) is 70.1 Å². The van der Waals surface area contributed by atoms with Crippen LogP contribution in [0, 0.1) is 11.3 Å². The fraction of sp³-hybridized carbons (Fsp3) is 0.611. The van der Waals surface area contributed by atoms with Gasteiger partial charge in [-0.25, -0.2) is 0 Å². The molecule has 0 aromatic heterocycles. The molecule has 0 saturated heterocycles. The normalized spacial score (nSPS) is 12.6. The zero-order valence-electron chi connectivity index (χ0n) is 13.3. The van der Waals surface area contributed by atoms with Gasteiger partial charge in [0.15, 0.2) is 6.10 Å². The van der Waals surface area contributed by atoms with Crippen LogP contribution in [0.4, 0.5) is 13.2 Å². The van der Waals surface area contributed by atoms with E-state index in [1.807, 2.05) is 30.3 Å². The number of hydrogen-bond donors (Lipinski definition) is 0. The second kappa shape index (κ2) is 10.9. The summed E-state index contributed by atoms with van der Waals surface area (Å²) in [4.78, 5) is 0. The van der Waals surface area contributed by atoms with Crippen LogP contribution in [0.15, 0.2) is 30.3 Å². The molecule has 23 heavy (non-hydrogen) atoms. The van der Waals surface area contributed by atoms with Crippen molar-refractivity contribution in [1.29, 1.82) is 5.26 Å². The Morgan fingerprint density at radius 1 is 0.913 bits per heavy atom. The Morgan fingerprint density at radius 3 is 2.04 bits per heavy atom. The van der Waals surface area contributed by atoms with E-state index in [1.165, 1.54) is 0 Å². The lowest BCUT2D eigenvalue weighted by molar-refractivity contribution is -0.135. The average Bonchev–Trinajstić information content (AvgIpc) is 2.52. The zero-order valence-corrected chi connectivity index (χ0v) is 13.3. The van der Waals surface area contributed by atoms with Crippen molar-refractivity contribution in [2.75, 3.05) is 0 Å². The third-order valence-electron chi connectivity index (χ3n) is 3.59. The molecule has 1 aromatic rings. The number of para-hydroxylation sites is 1. The summed E-state index contributed by atoms with van der Waals surface area (Å²) in [5, 5.41) is 9.09. The van der Waals surface area contributed by atoms with E-state index in [0.717, 1.165) is 32.1 Å². The highest BCUT2D eigenvalue weighted by atomic mass is 19.4. The molecule has 0 N–H and O–H groups in total. The van der Waals surface area contributed by atoms with Gasteiger partial charge >= 0.3 is 6.18 Å². The molecule has 0 aliphatic rings. The molecule has 0 saturated carbocycles. The van der Waals surface area contributed by atoms with E-state index >= 15 is 0 Å². The van der Waals surface area contributed by atoms with Gasteiger partial charge in [-0.3, -0.25) is 0 Å². The lowest BCUT2D eigenvalue weighted by atomic mass is 10.1. The van der Waals surface area contributed by atoms with Crippen LogP contribution >= 0.6 is 0 Å². The first-order valence-electron chi connectivity index (χ1n) is 8.19. The Balaban J connectivity index is 2.00. The smallest absolute Gasteiger partial charge is 0.389 e. The minimum atomic E-state index is -4.02. The number of rotatable bonds is 11. The average molecular weight is 327 g/mol. The van der Waals surface area contributed by atoms with E-state index in [-0.39, 0.29) is 6.42 Å². The summed E-state index contributed by atoms with van der Waals surface area (Å²) < 4.78 is 41.5. The van der Waals surface area contributed by atoms with Gasteiger partial charge in [-0.1, -0.05) is 50.3 Å². The first-order chi connectivity index (χ1) is 11.0. The van der Waals surface area contributed by atoms with Crippen LogP contribution in [0.1, 0.15) is 57.8 Å². The first-order valence-corrected chi connectivity index (χ1v) is 8.19. The summed E-state index contributed by atoms with van der Waals surface area (Å²) in [7, 11) is 0. The highest BCUT2D eigenvalue weighted by Gasteiger charge is 2.25. The Morgan fingerprint density at radius 2 is 1.48 bits per heavy atom. The zero-order chi connectivity index (χ0) is 17.0. The Kier molecular flexibility index (Phi) is 9.20.